The van der Waals surface area contributed by atoms with Gasteiger partial charge in [0.05, 0.1) is 38.7 Å². The van der Waals surface area contributed by atoms with Gasteiger partial charge in [0.2, 0.25) is 29.5 Å². The van der Waals surface area contributed by atoms with Crippen LogP contribution in [0.1, 0.15) is 114 Å². The second kappa shape index (κ2) is 46.7. The monoisotopic (exact) mass is 1570 g/mol. The molecule has 1 unspecified atom stereocenters. The first-order valence-corrected chi connectivity index (χ1v) is 38.4. The van der Waals surface area contributed by atoms with Crippen LogP contribution in [0, 0.1) is 0 Å². The molecule has 0 bridgehead atoms. The van der Waals surface area contributed by atoms with Crippen LogP contribution in [0.5, 0.6) is 11.5 Å². The number of hydrogen-bond acceptors (Lipinski definition) is 18. The van der Waals surface area contributed by atoms with E-state index in [1.54, 1.807) is 82.3 Å². The summed E-state index contributed by atoms with van der Waals surface area (Å²) in [5.74, 6) is -6.15. The van der Waals surface area contributed by atoms with E-state index in [-0.39, 0.29) is 186 Å². The smallest absolute Gasteiger partial charge is 0.407 e. The van der Waals surface area contributed by atoms with E-state index in [9.17, 15) is 73.2 Å². The molecule has 8 rings (SSSR count). The number of aliphatic imine (C=N–C) groups is 1. The van der Waals surface area contributed by atoms with Gasteiger partial charge in [-0.15, -0.1) is 0 Å². The van der Waals surface area contributed by atoms with Crippen molar-refractivity contribution in [1.82, 2.24) is 67.5 Å². The van der Waals surface area contributed by atoms with Crippen LogP contribution in [-0.4, -0.2) is 248 Å². The number of rotatable bonds is 41. The number of urea groups is 1. The number of phenolic OH excluding ortho intramolecular Hbond substituents is 1. The van der Waals surface area contributed by atoms with E-state index in [2.05, 4.69) is 52.8 Å². The minimum absolute atomic E-state index is 0.0281. The van der Waals surface area contributed by atoms with Gasteiger partial charge in [0.1, 0.15) is 30.2 Å². The lowest BCUT2D eigenvalue weighted by molar-refractivity contribution is -0.140. The van der Waals surface area contributed by atoms with Crippen molar-refractivity contribution in [3.63, 3.8) is 0 Å². The SMILES string of the molecule is CCC(=O)NCCNC(=O)/N=C(/N)NCCC[C@@H](NC(=O)C(c1ccccc1)c1cccc(OCCCCNC(=O)[C@@H](CCCCNC(=O)c2ccc(CNC(=O)CN3CCN(CC(=O)O)CCN(CC(=O)O)CCN(CC(=O)O)CC3)cc2)NC(=O)OCC2c3ccccc3-c3ccccc32)c1)C(=O)NCc1ccc(O)cc1. The van der Waals surface area contributed by atoms with Gasteiger partial charge in [-0.3, -0.25) is 62.8 Å². The molecule has 0 radical (unpaired) electrons. The second-order valence-corrected chi connectivity index (χ2v) is 27.7. The van der Waals surface area contributed by atoms with Gasteiger partial charge in [0, 0.05) is 116 Å². The summed E-state index contributed by atoms with van der Waals surface area (Å²) in [5, 5.41) is 64.0. The number of guanidine groups is 1. The van der Waals surface area contributed by atoms with Gasteiger partial charge in [-0.05, 0) is 126 Å². The van der Waals surface area contributed by atoms with Crippen LogP contribution in [-0.2, 0) is 56.2 Å². The van der Waals surface area contributed by atoms with Gasteiger partial charge < -0.3 is 83.5 Å². The molecule has 2 aliphatic rings. The number of aromatic hydroxyl groups is 1. The van der Waals surface area contributed by atoms with Crippen LogP contribution in [0.3, 0.4) is 0 Å². The van der Waals surface area contributed by atoms with Crippen molar-refractivity contribution in [2.24, 2.45) is 10.7 Å². The van der Waals surface area contributed by atoms with Crippen molar-refractivity contribution < 1.29 is 82.6 Å². The number of ether oxygens (including phenoxy) is 2. The van der Waals surface area contributed by atoms with Gasteiger partial charge in [-0.2, -0.15) is 4.99 Å². The average molecular weight is 1570 g/mol. The molecule has 6 aromatic rings. The second-order valence-electron chi connectivity index (χ2n) is 27.7. The number of carboxylic acids is 3. The molecule has 9 amide bonds. The highest BCUT2D eigenvalue weighted by Crippen LogP contribution is 2.44. The Bertz CT molecular complexity index is 4130. The number of hydrogen-bond donors (Lipinski definition) is 14. The molecule has 0 spiro atoms. The lowest BCUT2D eigenvalue weighted by atomic mass is 9.90. The van der Waals surface area contributed by atoms with Crippen LogP contribution >= 0.6 is 0 Å². The normalized spacial score (nSPS) is 14.4. The standard InChI is InChI=1S/C82H105N15O17/c1-2-70(99)84-37-38-88-81(111)93-80(83)87-36-15-25-68(78(109)90-50-57-28-32-61(98)33-29-57)91-79(110)75(58-16-4-3-5-17-58)60-18-14-19-62(48-60)113-47-13-12-35-86-77(108)69(92-82(112)114-55-67-65-22-8-6-20-63(65)64-21-7-9-23-66(64)67)24-10-11-34-85-76(107)59-30-26-56(27-31-59)49-89-71(100)51-94-39-41-95(52-72(101)102)43-45-97(54-74(105)106)46-44-96(42-40-94)53-73(103)104/h3-9,14,16-23,26-33,48,67-69,75,98H,2,10-13,15,24-25,34-47,49-55H2,1H3,(H,84,99)(H,85,107)(H,86,108)(H,89,100)(H,90,109)(H,91,110)(H,92,112)(H,101,102)(H,103,104)(H,105,106)(H4,83,87,88,93,111)/t68-,69-,75?/m1/s1. The number of nitrogens with one attached hydrogen (secondary N) is 9. The Morgan fingerprint density at radius 1 is 0.482 bits per heavy atom. The molecule has 32 nitrogen and oxygen atoms in total. The van der Waals surface area contributed by atoms with Crippen molar-refractivity contribution in [2.45, 2.75) is 95.3 Å². The van der Waals surface area contributed by atoms with Gasteiger partial charge in [0.15, 0.2) is 5.96 Å². The molecule has 32 heteroatoms. The van der Waals surface area contributed by atoms with E-state index < -0.39 is 65.8 Å². The third kappa shape index (κ3) is 30.2. The summed E-state index contributed by atoms with van der Waals surface area (Å²) in [6.07, 6.45) is 2.03. The molecule has 0 aromatic heterocycles. The fraction of sp³-hybridized carbons (Fsp3) is 0.415. The van der Waals surface area contributed by atoms with Crippen LogP contribution in [0.2, 0.25) is 0 Å². The van der Waals surface area contributed by atoms with E-state index in [0.29, 0.717) is 72.1 Å². The number of carbonyl (C=O) groups excluding carboxylic acids is 8. The zero-order valence-electron chi connectivity index (χ0n) is 64.2. The molecule has 0 saturated carbocycles. The zero-order chi connectivity index (χ0) is 81.6. The third-order valence-electron chi connectivity index (χ3n) is 19.2. The van der Waals surface area contributed by atoms with Gasteiger partial charge >= 0.3 is 30.0 Å². The number of phenols is 1. The number of nitrogens with zero attached hydrogens (tertiary/aromatic N) is 5. The number of nitrogens with two attached hydrogens (primary N) is 1. The van der Waals surface area contributed by atoms with E-state index in [1.165, 1.54) is 12.1 Å². The summed E-state index contributed by atoms with van der Waals surface area (Å²) in [5.41, 5.74) is 13.2. The quantitative estimate of drug-likeness (QED) is 0.0146. The number of alkyl carbamates (subject to hydrolysis) is 1. The van der Waals surface area contributed by atoms with E-state index in [1.807, 2.05) is 83.8 Å². The lowest BCUT2D eigenvalue weighted by Crippen LogP contribution is -2.49. The highest BCUT2D eigenvalue weighted by Gasteiger charge is 2.32. The van der Waals surface area contributed by atoms with Crippen LogP contribution in [0.25, 0.3) is 11.1 Å². The lowest BCUT2D eigenvalue weighted by Gasteiger charge is -2.32. The largest absolute Gasteiger partial charge is 0.508 e. The van der Waals surface area contributed by atoms with Crippen LogP contribution in [0.15, 0.2) is 157 Å². The first kappa shape index (κ1) is 87.6. The molecule has 6 aromatic carbocycles. The first-order chi connectivity index (χ1) is 55.1. The van der Waals surface area contributed by atoms with Crippen molar-refractivity contribution >= 4 is 71.4 Å². The number of benzene rings is 6. The fourth-order valence-corrected chi connectivity index (χ4v) is 13.2. The van der Waals surface area contributed by atoms with Crippen molar-refractivity contribution in [3.8, 4) is 22.6 Å². The van der Waals surface area contributed by atoms with E-state index in [4.69, 9.17) is 15.2 Å². The minimum Gasteiger partial charge on any atom is -0.508 e. The fourth-order valence-electron chi connectivity index (χ4n) is 13.2. The number of aliphatic carboxylic acids is 3. The van der Waals surface area contributed by atoms with Crippen LogP contribution < -0.4 is 58.3 Å². The number of carboxylic acid groups (broad SMARTS) is 3. The molecular formula is C82H105N15O17. The molecule has 1 heterocycles. The predicted molar refractivity (Wildman–Crippen MR) is 425 cm³/mol. The molecule has 1 aliphatic heterocycles. The maximum Gasteiger partial charge on any atom is 0.407 e. The predicted octanol–water partition coefficient (Wildman–Crippen LogP) is 4.12. The molecule has 114 heavy (non-hydrogen) atoms. The number of unbranched alkanes of at least 4 members (excludes halogenated alkanes) is 2. The molecule has 1 fully saturated rings. The zero-order valence-corrected chi connectivity index (χ0v) is 64.2. The molecule has 15 N–H and O–H groups in total. The molecular weight excluding hydrogens is 1470 g/mol. The Labute approximate surface area is 662 Å². The molecule has 1 saturated heterocycles. The Kier molecular flexibility index (Phi) is 35.9. The third-order valence-corrected chi connectivity index (χ3v) is 19.2. The van der Waals surface area contributed by atoms with Crippen molar-refractivity contribution in [1.29, 1.82) is 0 Å². The molecule has 1 aliphatic carbocycles. The summed E-state index contributed by atoms with van der Waals surface area (Å²) in [4.78, 5) is 153. The average Bonchev–Trinajstić information content (AvgIpc) is 1.61. The minimum atomic E-state index is -1.06. The van der Waals surface area contributed by atoms with E-state index in [0.717, 1.165) is 22.3 Å². The Hall–Kier alpha value is -12.0. The van der Waals surface area contributed by atoms with Crippen molar-refractivity contribution in [3.05, 3.63) is 191 Å². The number of fused-ring (bicyclic) bond motifs is 3. The topological polar surface area (TPSA) is 447 Å². The van der Waals surface area contributed by atoms with Gasteiger partial charge in [-0.1, -0.05) is 122 Å². The number of carbonyl (C=O) groups is 11. The Morgan fingerprint density at radius 3 is 1.60 bits per heavy atom. The van der Waals surface area contributed by atoms with Gasteiger partial charge in [-0.25, -0.2) is 9.59 Å². The highest BCUT2D eigenvalue weighted by molar-refractivity contribution is 5.95. The Morgan fingerprint density at radius 2 is 0.991 bits per heavy atom. The molecule has 610 valence electrons. The van der Waals surface area contributed by atoms with Gasteiger partial charge in [0.25, 0.3) is 5.91 Å². The summed E-state index contributed by atoms with van der Waals surface area (Å²) in [6, 6.07) is 42.3. The maximum absolute atomic E-state index is 14.7. The first-order valence-electron chi connectivity index (χ1n) is 38.4. The van der Waals surface area contributed by atoms with E-state index >= 15 is 0 Å². The summed E-state index contributed by atoms with van der Waals surface area (Å²) in [7, 11) is 0. The summed E-state index contributed by atoms with van der Waals surface area (Å²) >= 11 is 0. The maximum atomic E-state index is 14.7. The highest BCUT2D eigenvalue weighted by atomic mass is 16.5. The molecule has 3 atom stereocenters. The summed E-state index contributed by atoms with van der Waals surface area (Å²) < 4.78 is 12.1. The van der Waals surface area contributed by atoms with Crippen LogP contribution in [0.4, 0.5) is 9.59 Å². The summed E-state index contributed by atoms with van der Waals surface area (Å²) in [6.45, 7) is 4.32. The number of amides is 9. The Balaban J connectivity index is 0.827. The van der Waals surface area contributed by atoms with Crippen molar-refractivity contribution in [2.75, 3.05) is 124 Å².